The van der Waals surface area contributed by atoms with Crippen molar-refractivity contribution in [3.05, 3.63) is 79.5 Å². The van der Waals surface area contributed by atoms with E-state index in [2.05, 4.69) is 44.0 Å². The van der Waals surface area contributed by atoms with Gasteiger partial charge in [0.15, 0.2) is 0 Å². The summed E-state index contributed by atoms with van der Waals surface area (Å²) >= 11 is 0. The molecule has 194 valence electrons. The Morgan fingerprint density at radius 1 is 1.21 bits per heavy atom. The SMILES string of the molecule is C=CC(=O)Nc1cc2c(Nc3ccnc(-c4ccccc4F)c3)ncnc2cc1O[C@@H]1CCN(CCC)C1. The summed E-state index contributed by atoms with van der Waals surface area (Å²) in [7, 11) is 0. The maximum absolute atomic E-state index is 14.3. The summed E-state index contributed by atoms with van der Waals surface area (Å²) in [4.78, 5) is 27.8. The van der Waals surface area contributed by atoms with Gasteiger partial charge in [-0.1, -0.05) is 25.6 Å². The number of aromatic nitrogens is 3. The molecule has 3 heterocycles. The van der Waals surface area contributed by atoms with Crippen LogP contribution in [0.15, 0.2) is 73.7 Å². The van der Waals surface area contributed by atoms with Crippen molar-refractivity contribution >= 4 is 34.0 Å². The van der Waals surface area contributed by atoms with Crippen molar-refractivity contribution in [2.45, 2.75) is 25.9 Å². The van der Waals surface area contributed by atoms with Gasteiger partial charge in [0.2, 0.25) is 5.91 Å². The highest BCUT2D eigenvalue weighted by atomic mass is 19.1. The highest BCUT2D eigenvalue weighted by Gasteiger charge is 2.25. The van der Waals surface area contributed by atoms with Gasteiger partial charge in [0.1, 0.15) is 29.8 Å². The molecule has 1 aliphatic heterocycles. The monoisotopic (exact) mass is 512 g/mol. The van der Waals surface area contributed by atoms with Gasteiger partial charge in [-0.3, -0.25) is 14.7 Å². The molecule has 0 bridgehead atoms. The third kappa shape index (κ3) is 5.63. The van der Waals surface area contributed by atoms with E-state index in [1.54, 1.807) is 42.6 Å². The standard InChI is InChI=1S/C29H29FN6O2/c1-3-12-36-13-10-20(17-36)38-27-16-25-22(15-26(27)35-28(37)4-2)29(33-18-32-25)34-19-9-11-31-24(14-19)21-7-5-6-8-23(21)30/h4-9,11,14-16,18,20H,2-3,10,12-13,17H2,1H3,(H,35,37)(H,31,32,33,34)/t20-/m1/s1. The molecule has 5 rings (SSSR count). The summed E-state index contributed by atoms with van der Waals surface area (Å²) in [5.41, 5.74) is 2.74. The Kier molecular flexibility index (Phi) is 7.55. The second-order valence-electron chi connectivity index (χ2n) is 9.14. The van der Waals surface area contributed by atoms with Crippen LogP contribution in [0, 0.1) is 5.82 Å². The number of rotatable bonds is 9. The Balaban J connectivity index is 1.47. The molecule has 0 spiro atoms. The van der Waals surface area contributed by atoms with E-state index < -0.39 is 0 Å². The van der Waals surface area contributed by atoms with Gasteiger partial charge in [0.05, 0.1) is 16.9 Å². The number of carbonyl (C=O) groups excluding carboxylic acids is 1. The number of hydrogen-bond acceptors (Lipinski definition) is 7. The number of carbonyl (C=O) groups is 1. The average Bonchev–Trinajstić information content (AvgIpc) is 3.36. The fourth-order valence-corrected chi connectivity index (χ4v) is 4.62. The van der Waals surface area contributed by atoms with Gasteiger partial charge in [-0.15, -0.1) is 0 Å². The first-order valence-electron chi connectivity index (χ1n) is 12.6. The highest BCUT2D eigenvalue weighted by molar-refractivity contribution is 6.03. The quantitative estimate of drug-likeness (QED) is 0.284. The number of benzene rings is 2. The van der Waals surface area contributed by atoms with Crippen molar-refractivity contribution < 1.29 is 13.9 Å². The second-order valence-corrected chi connectivity index (χ2v) is 9.14. The molecule has 2 N–H and O–H groups in total. The van der Waals surface area contributed by atoms with Crippen LogP contribution >= 0.6 is 0 Å². The van der Waals surface area contributed by atoms with Gasteiger partial charge in [-0.25, -0.2) is 14.4 Å². The topological polar surface area (TPSA) is 92.3 Å². The van der Waals surface area contributed by atoms with Gasteiger partial charge in [0, 0.05) is 42.0 Å². The number of likely N-dealkylation sites (tertiary alicyclic amines) is 1. The molecule has 0 saturated carbocycles. The predicted octanol–water partition coefficient (Wildman–Crippen LogP) is 5.56. The molecule has 8 nitrogen and oxygen atoms in total. The molecule has 1 atom stereocenters. The Bertz CT molecular complexity index is 1480. The van der Waals surface area contributed by atoms with E-state index in [9.17, 15) is 9.18 Å². The minimum Gasteiger partial charge on any atom is -0.487 e. The molecule has 0 radical (unpaired) electrons. The maximum Gasteiger partial charge on any atom is 0.247 e. The fourth-order valence-electron chi connectivity index (χ4n) is 4.62. The van der Waals surface area contributed by atoms with Crippen LogP contribution < -0.4 is 15.4 Å². The Labute approximate surface area is 220 Å². The second kappa shape index (κ2) is 11.4. The van der Waals surface area contributed by atoms with E-state index in [4.69, 9.17) is 4.74 Å². The van der Waals surface area contributed by atoms with Crippen LogP contribution in [0.3, 0.4) is 0 Å². The van der Waals surface area contributed by atoms with Crippen molar-refractivity contribution in [3.63, 3.8) is 0 Å². The Hall–Kier alpha value is -4.37. The number of pyridine rings is 1. The minimum atomic E-state index is -0.347. The number of anilines is 3. The Morgan fingerprint density at radius 3 is 2.89 bits per heavy atom. The number of ether oxygens (including phenoxy) is 1. The van der Waals surface area contributed by atoms with Crippen LogP contribution in [0.25, 0.3) is 22.2 Å². The van der Waals surface area contributed by atoms with Gasteiger partial charge in [0.25, 0.3) is 0 Å². The zero-order valence-corrected chi connectivity index (χ0v) is 21.2. The fraction of sp³-hybridized carbons (Fsp3) is 0.241. The van der Waals surface area contributed by atoms with E-state index in [-0.39, 0.29) is 17.8 Å². The average molecular weight is 513 g/mol. The van der Waals surface area contributed by atoms with Gasteiger partial charge in [-0.2, -0.15) is 0 Å². The lowest BCUT2D eigenvalue weighted by Crippen LogP contribution is -2.25. The van der Waals surface area contributed by atoms with Gasteiger partial charge in [-0.05, 0) is 55.8 Å². The summed E-state index contributed by atoms with van der Waals surface area (Å²) in [5, 5.41) is 6.83. The third-order valence-electron chi connectivity index (χ3n) is 6.42. The smallest absolute Gasteiger partial charge is 0.247 e. The van der Waals surface area contributed by atoms with E-state index in [1.807, 2.05) is 6.07 Å². The summed E-state index contributed by atoms with van der Waals surface area (Å²) < 4.78 is 20.7. The van der Waals surface area contributed by atoms with Crippen molar-refractivity contribution in [2.75, 3.05) is 30.3 Å². The third-order valence-corrected chi connectivity index (χ3v) is 6.42. The van der Waals surface area contributed by atoms with Gasteiger partial charge >= 0.3 is 0 Å². The molecular formula is C29H29FN6O2. The highest BCUT2D eigenvalue weighted by Crippen LogP contribution is 2.35. The number of hydrogen-bond donors (Lipinski definition) is 2. The van der Waals surface area contributed by atoms with Crippen LogP contribution in [0.4, 0.5) is 21.6 Å². The predicted molar refractivity (Wildman–Crippen MR) is 147 cm³/mol. The molecule has 4 aromatic rings. The number of fused-ring (bicyclic) bond motifs is 1. The first-order valence-corrected chi connectivity index (χ1v) is 12.6. The zero-order chi connectivity index (χ0) is 26.5. The molecule has 1 amide bonds. The molecule has 2 aromatic carbocycles. The maximum atomic E-state index is 14.3. The van der Waals surface area contributed by atoms with Crippen molar-refractivity contribution in [1.29, 1.82) is 0 Å². The summed E-state index contributed by atoms with van der Waals surface area (Å²) in [6.07, 6.45) is 6.32. The first kappa shape index (κ1) is 25.3. The molecule has 2 aromatic heterocycles. The van der Waals surface area contributed by atoms with Crippen molar-refractivity contribution in [1.82, 2.24) is 19.9 Å². The molecule has 38 heavy (non-hydrogen) atoms. The normalized spacial score (nSPS) is 15.4. The van der Waals surface area contributed by atoms with E-state index >= 15 is 0 Å². The van der Waals surface area contributed by atoms with Crippen LogP contribution in [0.2, 0.25) is 0 Å². The summed E-state index contributed by atoms with van der Waals surface area (Å²) in [6.45, 7) is 8.59. The lowest BCUT2D eigenvalue weighted by Gasteiger charge is -2.19. The van der Waals surface area contributed by atoms with Crippen LogP contribution in [-0.4, -0.2) is 51.5 Å². The number of halogens is 1. The van der Waals surface area contributed by atoms with Crippen molar-refractivity contribution in [3.8, 4) is 17.0 Å². The van der Waals surface area contributed by atoms with Crippen molar-refractivity contribution in [2.24, 2.45) is 0 Å². The summed E-state index contributed by atoms with van der Waals surface area (Å²) in [5.74, 6) is 0.380. The number of nitrogens with zero attached hydrogens (tertiary/aromatic N) is 4. The molecule has 0 unspecified atom stereocenters. The molecule has 1 aliphatic rings. The lowest BCUT2D eigenvalue weighted by molar-refractivity contribution is -0.111. The zero-order valence-electron chi connectivity index (χ0n) is 21.2. The number of amides is 1. The largest absolute Gasteiger partial charge is 0.487 e. The summed E-state index contributed by atoms with van der Waals surface area (Å²) in [6, 6.07) is 13.6. The molecular weight excluding hydrogens is 483 g/mol. The Morgan fingerprint density at radius 2 is 2.08 bits per heavy atom. The van der Waals surface area contributed by atoms with E-state index in [0.29, 0.717) is 45.1 Å². The molecule has 1 fully saturated rings. The first-order chi connectivity index (χ1) is 18.5. The van der Waals surface area contributed by atoms with Crippen LogP contribution in [0.5, 0.6) is 5.75 Å². The van der Waals surface area contributed by atoms with Gasteiger partial charge < -0.3 is 15.4 Å². The lowest BCUT2D eigenvalue weighted by atomic mass is 10.1. The van der Waals surface area contributed by atoms with E-state index in [0.717, 1.165) is 32.5 Å². The molecule has 1 saturated heterocycles. The van der Waals surface area contributed by atoms with Crippen LogP contribution in [0.1, 0.15) is 19.8 Å². The molecule has 0 aliphatic carbocycles. The molecule has 9 heteroatoms. The minimum absolute atomic E-state index is 0.0198. The van der Waals surface area contributed by atoms with E-state index in [1.165, 1.54) is 18.5 Å². The van der Waals surface area contributed by atoms with Crippen LogP contribution in [-0.2, 0) is 4.79 Å². The number of nitrogens with one attached hydrogen (secondary N) is 2.